The second-order valence-corrected chi connectivity index (χ2v) is 21.1. The molecule has 0 radical (unpaired) electrons. The van der Waals surface area contributed by atoms with Crippen LogP contribution in [0.5, 0.6) is 5.75 Å². The molecule has 0 amide bonds. The van der Waals surface area contributed by atoms with Crippen LogP contribution in [0.15, 0.2) is 94.6 Å². The first kappa shape index (κ1) is 62.5. The minimum atomic E-state index is -4.59. The molecule has 4 heterocycles. The zero-order chi connectivity index (χ0) is 55.0. The number of methoxy groups -OCH3 is 1. The molecule has 31 heteroatoms. The molecule has 2 aromatic heterocycles. The topological polar surface area (TPSA) is 200 Å². The van der Waals surface area contributed by atoms with Gasteiger partial charge in [0.05, 0.1) is 33.2 Å². The van der Waals surface area contributed by atoms with E-state index in [2.05, 4.69) is 45.8 Å². The van der Waals surface area contributed by atoms with Gasteiger partial charge in [-0.15, -0.1) is 29.2 Å². The molecule has 2 aliphatic rings. The molecule has 0 bridgehead atoms. The van der Waals surface area contributed by atoms with Crippen molar-refractivity contribution < 1.29 is 76.1 Å². The first-order valence-electron chi connectivity index (χ1n) is 20.9. The van der Waals surface area contributed by atoms with E-state index < -0.39 is 20.2 Å². The zero-order valence-electron chi connectivity index (χ0n) is 38.5. The molecular weight excluding hydrogens is 1120 g/mol. The van der Waals surface area contributed by atoms with E-state index in [4.69, 9.17) is 41.3 Å². The highest BCUT2D eigenvalue weighted by molar-refractivity contribution is 8.04. The van der Waals surface area contributed by atoms with Crippen LogP contribution in [0.25, 0.3) is 20.4 Å². The number of thioether (sulfide) groups is 2. The van der Waals surface area contributed by atoms with Crippen molar-refractivity contribution in [3.8, 4) is 28.6 Å². The quantitative estimate of drug-likeness (QED) is 0.0343. The molecule has 74 heavy (non-hydrogen) atoms. The highest BCUT2D eigenvalue weighted by atomic mass is 32.2. The van der Waals surface area contributed by atoms with E-state index in [0.717, 1.165) is 99.2 Å². The molecule has 6 aromatic rings. The van der Waals surface area contributed by atoms with Gasteiger partial charge < -0.3 is 14.5 Å². The van der Waals surface area contributed by atoms with Gasteiger partial charge in [-0.3, -0.25) is 9.11 Å². The lowest BCUT2D eigenvalue weighted by molar-refractivity contribution is 0.108. The molecule has 0 atom stereocenters. The lowest BCUT2D eigenvalue weighted by Gasteiger charge is -2.37. The normalized spacial score (nSPS) is 12.4. The van der Waals surface area contributed by atoms with Gasteiger partial charge in [0, 0.05) is 94.8 Å². The fraction of sp³-hybridized carbons (Fsp3) is 0.302. The second kappa shape index (κ2) is 31.2. The number of thiazole rings is 2. The summed E-state index contributed by atoms with van der Waals surface area (Å²) in [6.45, 7) is 7.20. The summed E-state index contributed by atoms with van der Waals surface area (Å²) in [5, 5.41) is 21.8. The summed E-state index contributed by atoms with van der Waals surface area (Å²) in [4.78, 5) is 14.0. The summed E-state index contributed by atoms with van der Waals surface area (Å²) < 4.78 is 164. The van der Waals surface area contributed by atoms with Gasteiger partial charge in [0.25, 0.3) is 20.2 Å². The molecule has 4 aromatic carbocycles. The molecule has 0 saturated carbocycles. The summed E-state index contributed by atoms with van der Waals surface area (Å²) in [6, 6.07) is 15.3. The zero-order valence-corrected chi connectivity index (χ0v) is 43.4. The second-order valence-electron chi connectivity index (χ2n) is 14.6. The molecule has 15 nitrogen and oxygen atoms in total. The van der Waals surface area contributed by atoms with Crippen molar-refractivity contribution in [2.24, 2.45) is 20.5 Å². The van der Waals surface area contributed by atoms with Gasteiger partial charge in [0.1, 0.15) is 39.3 Å². The van der Waals surface area contributed by atoms with Gasteiger partial charge in [-0.05, 0) is 122 Å². The average molecular weight is 1160 g/mol. The van der Waals surface area contributed by atoms with Crippen molar-refractivity contribution in [1.29, 1.82) is 0 Å². The van der Waals surface area contributed by atoms with Gasteiger partial charge in [-0.25, -0.2) is 9.97 Å². The Bertz CT molecular complexity index is 3240. The number of anilines is 2. The number of benzene rings is 4. The van der Waals surface area contributed by atoms with Crippen LogP contribution < -0.4 is 14.5 Å². The summed E-state index contributed by atoms with van der Waals surface area (Å²) >= 11 is 4.63. The third-order valence-electron chi connectivity index (χ3n) is 10.2. The maximum absolute atomic E-state index is 12.3. The number of rotatable bonds is 14. The fourth-order valence-corrected chi connectivity index (χ4v) is 11.9. The number of fused-ring (bicyclic) bond motifs is 2. The fourth-order valence-electron chi connectivity index (χ4n) is 7.65. The minimum absolute atomic E-state index is 0.0650. The van der Waals surface area contributed by atoms with E-state index in [0.29, 0.717) is 52.7 Å². The van der Waals surface area contributed by atoms with Crippen LogP contribution in [-0.2, 0) is 33.1 Å². The van der Waals surface area contributed by atoms with Crippen molar-refractivity contribution >= 4 is 120 Å². The Hall–Kier alpha value is -5.80. The number of halogens is 10. The highest BCUT2D eigenvalue weighted by Crippen LogP contribution is 2.45. The van der Waals surface area contributed by atoms with Crippen molar-refractivity contribution in [3.05, 3.63) is 65.7 Å². The summed E-state index contributed by atoms with van der Waals surface area (Å²) in [7, 11) is -7.59. The Morgan fingerprint density at radius 3 is 1.66 bits per heavy atom. The van der Waals surface area contributed by atoms with E-state index in [-0.39, 0.29) is 26.3 Å². The van der Waals surface area contributed by atoms with E-state index in [1.165, 1.54) is 54.3 Å². The Morgan fingerprint density at radius 1 is 0.703 bits per heavy atom. The highest BCUT2D eigenvalue weighted by Gasteiger charge is 2.32. The van der Waals surface area contributed by atoms with Gasteiger partial charge in [-0.2, -0.15) is 16.8 Å². The maximum atomic E-state index is 12.3. The SMILES string of the molecule is CCCN(CCC)c1cc(S(=O)(=O)O)c(N=Nc2nc3ccc(SC#CF)cc3s2)cc1OC.FF.FF.FF.FF.O=S(=O)(O)c1c(N=Nc2nc3ccc(SC#CF)cc3s2)cc2c3c1CCCN3CCC2. The van der Waals surface area contributed by atoms with Crippen LogP contribution in [0, 0.1) is 22.9 Å². The van der Waals surface area contributed by atoms with E-state index >= 15 is 0 Å². The van der Waals surface area contributed by atoms with Crippen molar-refractivity contribution in [1.82, 2.24) is 9.97 Å². The lowest BCUT2D eigenvalue weighted by Crippen LogP contribution is -2.35. The maximum Gasteiger partial charge on any atom is 0.297 e. The molecule has 400 valence electrons. The van der Waals surface area contributed by atoms with Gasteiger partial charge in [-0.1, -0.05) is 36.5 Å². The third-order valence-corrected chi connectivity index (χ3v) is 15.2. The number of hydrogen-bond acceptors (Lipinski definition) is 17. The number of aromatic nitrogens is 2. The monoisotopic (exact) mass is 1160 g/mol. The van der Waals surface area contributed by atoms with Gasteiger partial charge in [0.2, 0.25) is 10.3 Å². The minimum Gasteiger partial charge on any atom is -0.495 e. The molecule has 0 unspecified atom stereocenters. The smallest absolute Gasteiger partial charge is 0.297 e. The van der Waals surface area contributed by atoms with Crippen LogP contribution in [0.4, 0.5) is 78.4 Å². The van der Waals surface area contributed by atoms with E-state index in [9.17, 15) is 34.7 Å². The van der Waals surface area contributed by atoms with Crippen molar-refractivity contribution in [2.45, 2.75) is 72.0 Å². The predicted molar refractivity (Wildman–Crippen MR) is 267 cm³/mol. The van der Waals surface area contributed by atoms with Crippen LogP contribution in [0.2, 0.25) is 0 Å². The van der Waals surface area contributed by atoms with Crippen LogP contribution in [-0.4, -0.2) is 69.2 Å². The molecule has 0 saturated heterocycles. The molecule has 0 spiro atoms. The number of nitrogens with zero attached hydrogens (tertiary/aromatic N) is 8. The van der Waals surface area contributed by atoms with Crippen LogP contribution in [0.3, 0.4) is 0 Å². The number of hydrogen-bond donors (Lipinski definition) is 2. The Kier molecular flexibility index (Phi) is 26.3. The Labute approximate surface area is 433 Å². The largest absolute Gasteiger partial charge is 0.495 e. The summed E-state index contributed by atoms with van der Waals surface area (Å²) in [6.07, 6.45) is 7.61. The van der Waals surface area contributed by atoms with E-state index in [1.54, 1.807) is 36.4 Å². The van der Waals surface area contributed by atoms with Crippen molar-refractivity contribution in [3.63, 3.8) is 0 Å². The molecular formula is C43H40F10N8O7S6. The van der Waals surface area contributed by atoms with Crippen LogP contribution >= 0.6 is 46.2 Å². The Morgan fingerprint density at radius 2 is 1.20 bits per heavy atom. The van der Waals surface area contributed by atoms with Gasteiger partial charge in [0.15, 0.2) is 0 Å². The standard InChI is InChI=1S/C22H23FN4O4S3.C21H17FN4O3S3.4F2/c1-4-9-27(10-5-2)18-14-21(34(28,29)30)17(13-19(18)31-3)25-26-22-24-16-7-6-15(32-11-8-23)12-20(16)33-22;22-7-10-30-14-5-6-16-18(12-14)31-21(23-16)25-24-17-11-13-3-1-8-26-9-2-4-15(19(13)26)20(17)32(27,28)29;4*1-2/h6-7,12-14H,4-5,9-10H2,1-3H3,(H,28,29,30);5-6,11-12H,1-4,8-9H2,(H,27,28,29);;;;. The molecule has 8 rings (SSSR count). The average Bonchev–Trinajstić information content (AvgIpc) is 4.03. The molecule has 0 aliphatic carbocycles. The van der Waals surface area contributed by atoms with Crippen LogP contribution in [0.1, 0.15) is 50.7 Å². The van der Waals surface area contributed by atoms with Crippen molar-refractivity contribution in [2.75, 3.05) is 43.1 Å². The summed E-state index contributed by atoms with van der Waals surface area (Å²) in [5.41, 5.74) is 4.58. The first-order valence-corrected chi connectivity index (χ1v) is 27.0. The Balaban J connectivity index is 0.000000344. The van der Waals surface area contributed by atoms with E-state index in [1.807, 2.05) is 24.8 Å². The third kappa shape index (κ3) is 16.6. The lowest BCUT2D eigenvalue weighted by atomic mass is 9.91. The molecule has 2 N–H and O–H groups in total. The molecule has 0 fully saturated rings. The number of aryl methyl sites for hydroxylation is 1. The van der Waals surface area contributed by atoms with Gasteiger partial charge >= 0.3 is 0 Å². The first-order chi connectivity index (χ1) is 35.7. The predicted octanol–water partition coefficient (Wildman–Crippen LogP) is 15.6. The number of azo groups is 2. The number of ether oxygens (including phenoxy) is 1. The molecule has 2 aliphatic heterocycles. The summed E-state index contributed by atoms with van der Waals surface area (Å²) in [5.74, 6) is 0.420.